The van der Waals surface area contributed by atoms with Gasteiger partial charge in [0.1, 0.15) is 5.82 Å². The van der Waals surface area contributed by atoms with Gasteiger partial charge in [0.25, 0.3) is 0 Å². The summed E-state index contributed by atoms with van der Waals surface area (Å²) in [4.78, 5) is 19.3. The molecule has 0 radical (unpaired) electrons. The number of hydrogen-bond donors (Lipinski definition) is 0. The molecule has 0 saturated carbocycles. The summed E-state index contributed by atoms with van der Waals surface area (Å²) >= 11 is 0. The van der Waals surface area contributed by atoms with Gasteiger partial charge in [-0.05, 0) is 37.3 Å². The van der Waals surface area contributed by atoms with Crippen molar-refractivity contribution in [2.75, 3.05) is 44.2 Å². The molecule has 3 unspecified atom stereocenters. The number of piperazine rings is 1. The molecule has 0 aliphatic carbocycles. The highest BCUT2D eigenvalue weighted by Gasteiger charge is 2.32. The molecule has 1 aromatic rings. The van der Waals surface area contributed by atoms with E-state index in [1.807, 2.05) is 24.0 Å². The average Bonchev–Trinajstić information content (AvgIpc) is 2.60. The molecule has 2 aliphatic heterocycles. The van der Waals surface area contributed by atoms with Gasteiger partial charge < -0.3 is 9.80 Å². The molecule has 0 bridgehead atoms. The predicted octanol–water partition coefficient (Wildman–Crippen LogP) is 2.84. The van der Waals surface area contributed by atoms with Gasteiger partial charge in [-0.15, -0.1) is 0 Å². The molecule has 2 aliphatic rings. The molecule has 2 fully saturated rings. The van der Waals surface area contributed by atoms with Crippen molar-refractivity contribution in [2.45, 2.75) is 33.2 Å². The molecule has 1 amide bonds. The van der Waals surface area contributed by atoms with Crippen LogP contribution in [0.2, 0.25) is 0 Å². The van der Waals surface area contributed by atoms with E-state index in [1.54, 1.807) is 6.07 Å². The number of amides is 1. The highest BCUT2D eigenvalue weighted by atomic mass is 19.1. The molecule has 0 N–H and O–H groups in total. The van der Waals surface area contributed by atoms with Crippen molar-refractivity contribution in [3.05, 3.63) is 30.1 Å². The van der Waals surface area contributed by atoms with E-state index >= 15 is 0 Å². The zero-order valence-corrected chi connectivity index (χ0v) is 15.6. The van der Waals surface area contributed by atoms with Gasteiger partial charge in [-0.1, -0.05) is 26.0 Å². The van der Waals surface area contributed by atoms with Gasteiger partial charge in [0, 0.05) is 39.3 Å². The summed E-state index contributed by atoms with van der Waals surface area (Å²) in [5.41, 5.74) is 0.666. The summed E-state index contributed by atoms with van der Waals surface area (Å²) in [5.74, 6) is 1.24. The van der Waals surface area contributed by atoms with E-state index in [4.69, 9.17) is 0 Å². The second-order valence-electron chi connectivity index (χ2n) is 7.84. The van der Waals surface area contributed by atoms with E-state index in [9.17, 15) is 9.18 Å². The largest absolute Gasteiger partial charge is 0.367 e. The average molecular weight is 347 g/mol. The van der Waals surface area contributed by atoms with Crippen LogP contribution in [0.15, 0.2) is 24.3 Å². The summed E-state index contributed by atoms with van der Waals surface area (Å²) < 4.78 is 14.0. The lowest BCUT2D eigenvalue weighted by molar-refractivity contribution is -0.139. The zero-order chi connectivity index (χ0) is 18.0. The Morgan fingerprint density at radius 3 is 2.28 bits per heavy atom. The van der Waals surface area contributed by atoms with Crippen molar-refractivity contribution >= 4 is 11.6 Å². The van der Waals surface area contributed by atoms with Crippen molar-refractivity contribution in [3.63, 3.8) is 0 Å². The molecule has 4 nitrogen and oxygen atoms in total. The molecule has 5 heteroatoms. The van der Waals surface area contributed by atoms with Gasteiger partial charge >= 0.3 is 0 Å². The van der Waals surface area contributed by atoms with E-state index < -0.39 is 0 Å². The molecule has 138 valence electrons. The number of para-hydroxylation sites is 1. The number of carbonyl (C=O) groups excluding carboxylic acids is 1. The number of hydrogen-bond acceptors (Lipinski definition) is 3. The van der Waals surface area contributed by atoms with Crippen LogP contribution in [0, 0.1) is 17.7 Å². The number of anilines is 1. The minimum absolute atomic E-state index is 0.0970. The number of likely N-dealkylation sites (tertiary alicyclic amines) is 1. The lowest BCUT2D eigenvalue weighted by Crippen LogP contribution is -2.56. The van der Waals surface area contributed by atoms with Crippen LogP contribution in [0.1, 0.15) is 27.2 Å². The second-order valence-corrected chi connectivity index (χ2v) is 7.84. The Balaban J connectivity index is 1.57. The number of rotatable bonds is 3. The van der Waals surface area contributed by atoms with Crippen molar-refractivity contribution in [1.82, 2.24) is 9.80 Å². The van der Waals surface area contributed by atoms with E-state index in [-0.39, 0.29) is 17.8 Å². The van der Waals surface area contributed by atoms with Gasteiger partial charge in [-0.3, -0.25) is 9.69 Å². The molecule has 2 saturated heterocycles. The number of piperidine rings is 1. The van der Waals surface area contributed by atoms with Crippen molar-refractivity contribution < 1.29 is 9.18 Å². The molecular formula is C20H30FN3O. The fourth-order valence-electron chi connectivity index (χ4n) is 4.32. The lowest BCUT2D eigenvalue weighted by atomic mass is 9.91. The topological polar surface area (TPSA) is 26.8 Å². The van der Waals surface area contributed by atoms with E-state index in [0.717, 1.165) is 39.3 Å². The minimum Gasteiger partial charge on any atom is -0.367 e. The summed E-state index contributed by atoms with van der Waals surface area (Å²) in [6.07, 6.45) is 1.21. The number of benzene rings is 1. The Hall–Kier alpha value is -1.62. The van der Waals surface area contributed by atoms with Crippen LogP contribution in [-0.2, 0) is 4.79 Å². The van der Waals surface area contributed by atoms with Gasteiger partial charge in [0.2, 0.25) is 5.91 Å². The maximum absolute atomic E-state index is 14.0. The first kappa shape index (κ1) is 18.2. The summed E-state index contributed by atoms with van der Waals surface area (Å²) in [7, 11) is 0. The molecule has 3 atom stereocenters. The lowest BCUT2D eigenvalue weighted by Gasteiger charge is -2.42. The van der Waals surface area contributed by atoms with Crippen LogP contribution < -0.4 is 4.90 Å². The third-order valence-electron chi connectivity index (χ3n) is 5.59. The highest BCUT2D eigenvalue weighted by molar-refractivity contribution is 5.81. The van der Waals surface area contributed by atoms with Crippen LogP contribution in [0.25, 0.3) is 0 Å². The van der Waals surface area contributed by atoms with Crippen LogP contribution >= 0.6 is 0 Å². The number of carbonyl (C=O) groups is 1. The fourth-order valence-corrected chi connectivity index (χ4v) is 4.32. The van der Waals surface area contributed by atoms with Crippen molar-refractivity contribution in [2.24, 2.45) is 11.8 Å². The van der Waals surface area contributed by atoms with E-state index in [2.05, 4.69) is 23.6 Å². The smallest absolute Gasteiger partial charge is 0.239 e. The van der Waals surface area contributed by atoms with Gasteiger partial charge in [-0.2, -0.15) is 0 Å². The van der Waals surface area contributed by atoms with Crippen LogP contribution in [0.4, 0.5) is 10.1 Å². The Morgan fingerprint density at radius 1 is 1.08 bits per heavy atom. The first-order chi connectivity index (χ1) is 12.0. The molecule has 1 aromatic carbocycles. The standard InChI is InChI=1S/C20H30FN3O/c1-15-12-16(2)14-24(13-15)20(25)17(3)22-8-10-23(11-9-22)19-7-5-4-6-18(19)21/h4-7,15-17H,8-14H2,1-3H3. The van der Waals surface area contributed by atoms with Crippen LogP contribution in [0.5, 0.6) is 0 Å². The molecular weight excluding hydrogens is 317 g/mol. The van der Waals surface area contributed by atoms with Gasteiger partial charge in [0.15, 0.2) is 0 Å². The Bertz CT molecular complexity index is 590. The van der Waals surface area contributed by atoms with Crippen molar-refractivity contribution in [3.8, 4) is 0 Å². The Labute approximate surface area is 150 Å². The minimum atomic E-state index is -0.170. The normalized spacial score (nSPS) is 26.6. The summed E-state index contributed by atoms with van der Waals surface area (Å²) in [6, 6.07) is 6.83. The predicted molar refractivity (Wildman–Crippen MR) is 99.2 cm³/mol. The maximum atomic E-state index is 14.0. The summed E-state index contributed by atoms with van der Waals surface area (Å²) in [5, 5.41) is 0. The van der Waals surface area contributed by atoms with E-state index in [1.165, 1.54) is 12.5 Å². The SMILES string of the molecule is CC1CC(C)CN(C(=O)C(C)N2CCN(c3ccccc3F)CC2)C1. The van der Waals surface area contributed by atoms with Gasteiger partial charge in [0.05, 0.1) is 11.7 Å². The van der Waals surface area contributed by atoms with Crippen LogP contribution in [-0.4, -0.2) is 61.0 Å². The Kier molecular flexibility index (Phi) is 5.62. The molecule has 25 heavy (non-hydrogen) atoms. The molecule has 0 aromatic heterocycles. The second kappa shape index (κ2) is 7.73. The summed E-state index contributed by atoms with van der Waals surface area (Å²) in [6.45, 7) is 11.3. The first-order valence-electron chi connectivity index (χ1n) is 9.48. The van der Waals surface area contributed by atoms with Crippen LogP contribution in [0.3, 0.4) is 0 Å². The fraction of sp³-hybridized carbons (Fsp3) is 0.650. The zero-order valence-electron chi connectivity index (χ0n) is 15.6. The monoisotopic (exact) mass is 347 g/mol. The molecule has 3 rings (SSSR count). The first-order valence-corrected chi connectivity index (χ1v) is 9.48. The molecule has 0 spiro atoms. The Morgan fingerprint density at radius 2 is 1.68 bits per heavy atom. The third-order valence-corrected chi connectivity index (χ3v) is 5.59. The quantitative estimate of drug-likeness (QED) is 0.841. The third kappa shape index (κ3) is 4.14. The van der Waals surface area contributed by atoms with Crippen molar-refractivity contribution in [1.29, 1.82) is 0 Å². The molecule has 2 heterocycles. The number of nitrogens with zero attached hydrogens (tertiary/aromatic N) is 3. The highest BCUT2D eigenvalue weighted by Crippen LogP contribution is 2.24. The maximum Gasteiger partial charge on any atom is 0.239 e. The van der Waals surface area contributed by atoms with E-state index in [0.29, 0.717) is 17.5 Å². The number of halogens is 1. The van der Waals surface area contributed by atoms with Gasteiger partial charge in [-0.25, -0.2) is 4.39 Å².